The molecule has 0 aliphatic heterocycles. The molecule has 0 aliphatic carbocycles. The van der Waals surface area contributed by atoms with Crippen LogP contribution in [0.4, 0.5) is 0 Å². The number of carboxylic acids is 1. The highest BCUT2D eigenvalue weighted by Crippen LogP contribution is 2.24. The predicted molar refractivity (Wildman–Crippen MR) is 69.1 cm³/mol. The third-order valence-corrected chi connectivity index (χ3v) is 2.68. The molecule has 0 bridgehead atoms. The van der Waals surface area contributed by atoms with Crippen LogP contribution in [0.5, 0.6) is 0 Å². The molecule has 0 saturated heterocycles. The number of nitrogens with one attached hydrogen (secondary N) is 1. The number of aliphatic carboxylic acids is 1. The van der Waals surface area contributed by atoms with Crippen LogP contribution in [-0.2, 0) is 10.3 Å². The molecular formula is C14H21NO2. The maximum absolute atomic E-state index is 11.5. The Labute approximate surface area is 103 Å². The predicted octanol–water partition coefficient (Wildman–Crippen LogP) is 2.68. The van der Waals surface area contributed by atoms with Crippen molar-refractivity contribution in [1.29, 1.82) is 0 Å². The number of hydrogen-bond donors (Lipinski definition) is 2. The second-order valence-electron chi connectivity index (χ2n) is 5.67. The summed E-state index contributed by atoms with van der Waals surface area (Å²) in [7, 11) is 0. The molecule has 1 rings (SSSR count). The summed E-state index contributed by atoms with van der Waals surface area (Å²) >= 11 is 0. The van der Waals surface area contributed by atoms with E-state index in [1.807, 2.05) is 52.0 Å². The zero-order valence-corrected chi connectivity index (χ0v) is 11.2. The smallest absolute Gasteiger partial charge is 0.328 e. The second kappa shape index (κ2) is 4.49. The van der Waals surface area contributed by atoms with Gasteiger partial charge in [-0.25, -0.2) is 4.79 Å². The average Bonchev–Trinajstić information content (AvgIpc) is 2.15. The molecule has 1 unspecified atom stereocenters. The van der Waals surface area contributed by atoms with E-state index in [1.165, 1.54) is 0 Å². The van der Waals surface area contributed by atoms with E-state index in [-0.39, 0.29) is 5.54 Å². The molecule has 0 amide bonds. The van der Waals surface area contributed by atoms with E-state index < -0.39 is 11.5 Å². The Morgan fingerprint density at radius 2 is 1.59 bits per heavy atom. The third-order valence-electron chi connectivity index (χ3n) is 2.68. The Morgan fingerprint density at radius 3 is 1.94 bits per heavy atom. The molecule has 1 aromatic rings. The minimum Gasteiger partial charge on any atom is -0.480 e. The van der Waals surface area contributed by atoms with Gasteiger partial charge >= 0.3 is 5.97 Å². The lowest BCUT2D eigenvalue weighted by Gasteiger charge is -2.34. The van der Waals surface area contributed by atoms with E-state index >= 15 is 0 Å². The second-order valence-corrected chi connectivity index (χ2v) is 5.67. The maximum Gasteiger partial charge on any atom is 0.328 e. The van der Waals surface area contributed by atoms with Gasteiger partial charge in [-0.3, -0.25) is 5.32 Å². The standard InChI is InChI=1S/C14H21NO2/c1-10-6-8-11(9-7-10)14(5,12(16)17)15-13(2,3)4/h6-9,15H,1-5H3,(H,16,17). The van der Waals surface area contributed by atoms with Crippen LogP contribution < -0.4 is 5.32 Å². The highest BCUT2D eigenvalue weighted by atomic mass is 16.4. The van der Waals surface area contributed by atoms with E-state index in [1.54, 1.807) is 6.92 Å². The summed E-state index contributed by atoms with van der Waals surface area (Å²) in [5, 5.41) is 12.6. The molecule has 0 radical (unpaired) electrons. The summed E-state index contributed by atoms with van der Waals surface area (Å²) in [6, 6.07) is 7.59. The van der Waals surface area contributed by atoms with Crippen LogP contribution >= 0.6 is 0 Å². The maximum atomic E-state index is 11.5. The van der Waals surface area contributed by atoms with Crippen molar-refractivity contribution in [2.24, 2.45) is 0 Å². The van der Waals surface area contributed by atoms with Crippen LogP contribution in [-0.4, -0.2) is 16.6 Å². The zero-order valence-electron chi connectivity index (χ0n) is 11.2. The van der Waals surface area contributed by atoms with Crippen LogP contribution in [0.2, 0.25) is 0 Å². The van der Waals surface area contributed by atoms with Gasteiger partial charge in [0.25, 0.3) is 0 Å². The monoisotopic (exact) mass is 235 g/mol. The highest BCUT2D eigenvalue weighted by molar-refractivity contribution is 5.80. The first kappa shape index (κ1) is 13.7. The van der Waals surface area contributed by atoms with Gasteiger partial charge in [0.05, 0.1) is 0 Å². The SMILES string of the molecule is Cc1ccc(C(C)(NC(C)(C)C)C(=O)O)cc1. The first-order chi connectivity index (χ1) is 7.65. The van der Waals surface area contributed by atoms with Crippen molar-refractivity contribution < 1.29 is 9.90 Å². The molecule has 3 nitrogen and oxygen atoms in total. The lowest BCUT2D eigenvalue weighted by atomic mass is 9.88. The van der Waals surface area contributed by atoms with Gasteiger partial charge in [-0.2, -0.15) is 0 Å². The fourth-order valence-electron chi connectivity index (χ4n) is 1.89. The summed E-state index contributed by atoms with van der Waals surface area (Å²) in [5.74, 6) is -0.865. The first-order valence-electron chi connectivity index (χ1n) is 5.75. The molecule has 0 fully saturated rings. The van der Waals surface area contributed by atoms with E-state index in [9.17, 15) is 9.90 Å². The summed E-state index contributed by atoms with van der Waals surface area (Å²) in [6.07, 6.45) is 0. The van der Waals surface area contributed by atoms with Crippen LogP contribution in [0.25, 0.3) is 0 Å². The molecule has 17 heavy (non-hydrogen) atoms. The fraction of sp³-hybridized carbons (Fsp3) is 0.500. The molecule has 3 heteroatoms. The van der Waals surface area contributed by atoms with Crippen molar-refractivity contribution >= 4 is 5.97 Å². The van der Waals surface area contributed by atoms with Gasteiger partial charge in [-0.05, 0) is 40.2 Å². The molecule has 2 N–H and O–H groups in total. The molecular weight excluding hydrogens is 214 g/mol. The van der Waals surface area contributed by atoms with E-state index in [2.05, 4.69) is 5.32 Å². The topological polar surface area (TPSA) is 49.3 Å². The minimum absolute atomic E-state index is 0.266. The summed E-state index contributed by atoms with van der Waals surface area (Å²) < 4.78 is 0. The first-order valence-corrected chi connectivity index (χ1v) is 5.75. The van der Waals surface area contributed by atoms with Gasteiger partial charge in [-0.1, -0.05) is 29.8 Å². The Balaban J connectivity index is 3.16. The molecule has 0 spiro atoms. The Bertz CT molecular complexity index is 403. The van der Waals surface area contributed by atoms with Crippen molar-refractivity contribution in [2.75, 3.05) is 0 Å². The van der Waals surface area contributed by atoms with Gasteiger partial charge in [0.15, 0.2) is 0 Å². The number of hydrogen-bond acceptors (Lipinski definition) is 2. The summed E-state index contributed by atoms with van der Waals surface area (Å²) in [5.41, 5.74) is 0.562. The van der Waals surface area contributed by atoms with Crippen LogP contribution in [0.1, 0.15) is 38.8 Å². The van der Waals surface area contributed by atoms with Crippen molar-refractivity contribution in [3.63, 3.8) is 0 Å². The van der Waals surface area contributed by atoms with E-state index in [4.69, 9.17) is 0 Å². The van der Waals surface area contributed by atoms with Crippen LogP contribution in [0.15, 0.2) is 24.3 Å². The molecule has 0 aliphatic rings. The Hall–Kier alpha value is -1.35. The van der Waals surface area contributed by atoms with Crippen LogP contribution in [0.3, 0.4) is 0 Å². The van der Waals surface area contributed by atoms with E-state index in [0.717, 1.165) is 11.1 Å². The largest absolute Gasteiger partial charge is 0.480 e. The van der Waals surface area contributed by atoms with Crippen molar-refractivity contribution in [1.82, 2.24) is 5.32 Å². The summed E-state index contributed by atoms with van der Waals surface area (Å²) in [6.45, 7) is 9.57. The molecule has 94 valence electrons. The highest BCUT2D eigenvalue weighted by Gasteiger charge is 2.38. The summed E-state index contributed by atoms with van der Waals surface area (Å²) in [4.78, 5) is 11.5. The number of aryl methyl sites for hydroxylation is 1. The Kier molecular flexibility index (Phi) is 3.62. The molecule has 1 atom stereocenters. The lowest BCUT2D eigenvalue weighted by Crippen LogP contribution is -2.54. The van der Waals surface area contributed by atoms with Gasteiger partial charge < -0.3 is 5.11 Å². The molecule has 0 heterocycles. The van der Waals surface area contributed by atoms with Crippen molar-refractivity contribution in [3.8, 4) is 0 Å². The Morgan fingerprint density at radius 1 is 1.12 bits per heavy atom. The number of carbonyl (C=O) groups is 1. The normalized spacial score (nSPS) is 15.4. The zero-order chi connectivity index (χ0) is 13.3. The fourth-order valence-corrected chi connectivity index (χ4v) is 1.89. The van der Waals surface area contributed by atoms with Gasteiger partial charge in [0.1, 0.15) is 5.54 Å². The lowest BCUT2D eigenvalue weighted by molar-refractivity contribution is -0.145. The molecule has 1 aromatic carbocycles. The molecule has 0 saturated carbocycles. The van der Waals surface area contributed by atoms with Crippen molar-refractivity contribution in [2.45, 2.75) is 45.7 Å². The third kappa shape index (κ3) is 3.30. The number of carboxylic acid groups (broad SMARTS) is 1. The van der Waals surface area contributed by atoms with Gasteiger partial charge in [-0.15, -0.1) is 0 Å². The number of rotatable bonds is 3. The van der Waals surface area contributed by atoms with Gasteiger partial charge in [0.2, 0.25) is 0 Å². The van der Waals surface area contributed by atoms with Gasteiger partial charge in [0, 0.05) is 5.54 Å². The van der Waals surface area contributed by atoms with Crippen LogP contribution in [0, 0.1) is 6.92 Å². The minimum atomic E-state index is -1.06. The quantitative estimate of drug-likeness (QED) is 0.847. The molecule has 0 aromatic heterocycles. The van der Waals surface area contributed by atoms with Crippen molar-refractivity contribution in [3.05, 3.63) is 35.4 Å². The number of benzene rings is 1. The average molecular weight is 235 g/mol. The van der Waals surface area contributed by atoms with E-state index in [0.29, 0.717) is 0 Å².